The van der Waals surface area contributed by atoms with Crippen molar-refractivity contribution in [1.29, 1.82) is 0 Å². The third kappa shape index (κ3) is 3.01. The summed E-state index contributed by atoms with van der Waals surface area (Å²) in [6, 6.07) is 12.1. The molecule has 2 N–H and O–H groups in total. The smallest absolute Gasteiger partial charge is 0.161 e. The molecular formula is C17H18INO2. The molecule has 0 amide bonds. The number of hydrogen-bond acceptors (Lipinski definition) is 3. The topological polar surface area (TPSA) is 44.5 Å². The van der Waals surface area contributed by atoms with Crippen LogP contribution < -0.4 is 15.2 Å². The van der Waals surface area contributed by atoms with Crippen LogP contribution in [-0.2, 0) is 0 Å². The Balaban J connectivity index is 1.96. The van der Waals surface area contributed by atoms with E-state index in [-0.39, 0.29) is 6.04 Å². The predicted molar refractivity (Wildman–Crippen MR) is 92.0 cm³/mol. The number of ether oxygens (including phenoxy) is 2. The van der Waals surface area contributed by atoms with Crippen molar-refractivity contribution in [2.24, 2.45) is 5.73 Å². The number of fused-ring (bicyclic) bond motifs is 1. The first-order valence-electron chi connectivity index (χ1n) is 7.07. The van der Waals surface area contributed by atoms with Gasteiger partial charge in [-0.2, -0.15) is 0 Å². The molecule has 0 fully saturated rings. The third-order valence-corrected chi connectivity index (χ3v) is 5.16. The zero-order chi connectivity index (χ0) is 14.8. The Kier molecular flexibility index (Phi) is 4.35. The van der Waals surface area contributed by atoms with Crippen LogP contribution in [0.5, 0.6) is 11.5 Å². The maximum atomic E-state index is 6.46. The van der Waals surface area contributed by atoms with E-state index >= 15 is 0 Å². The Bertz CT molecular complexity index is 657. The van der Waals surface area contributed by atoms with Crippen LogP contribution in [-0.4, -0.2) is 13.2 Å². The molecule has 2 aromatic rings. The molecule has 1 aliphatic rings. The van der Waals surface area contributed by atoms with E-state index < -0.39 is 0 Å². The molecule has 0 radical (unpaired) electrons. The van der Waals surface area contributed by atoms with Crippen molar-refractivity contribution in [1.82, 2.24) is 0 Å². The fraction of sp³-hybridized carbons (Fsp3) is 0.294. The summed E-state index contributed by atoms with van der Waals surface area (Å²) in [6.45, 7) is 3.49. The Morgan fingerprint density at radius 3 is 2.67 bits per heavy atom. The van der Waals surface area contributed by atoms with Gasteiger partial charge in [-0.25, -0.2) is 0 Å². The van der Waals surface area contributed by atoms with Crippen LogP contribution in [0.25, 0.3) is 0 Å². The van der Waals surface area contributed by atoms with Crippen molar-refractivity contribution < 1.29 is 9.47 Å². The molecule has 1 aliphatic heterocycles. The quantitative estimate of drug-likeness (QED) is 0.787. The minimum absolute atomic E-state index is 0.158. The first kappa shape index (κ1) is 14.7. The molecule has 0 bridgehead atoms. The summed E-state index contributed by atoms with van der Waals surface area (Å²) in [5, 5.41) is 0. The van der Waals surface area contributed by atoms with E-state index in [0.717, 1.165) is 29.0 Å². The number of nitrogens with two attached hydrogens (primary N) is 1. The summed E-state index contributed by atoms with van der Waals surface area (Å²) >= 11 is 2.36. The van der Waals surface area contributed by atoms with Crippen molar-refractivity contribution in [3.8, 4) is 11.5 Å². The molecule has 21 heavy (non-hydrogen) atoms. The predicted octanol–water partition coefficient (Wildman–Crippen LogP) is 3.81. The lowest BCUT2D eigenvalue weighted by Crippen LogP contribution is -2.14. The number of aryl methyl sites for hydroxylation is 1. The fourth-order valence-electron chi connectivity index (χ4n) is 2.46. The summed E-state index contributed by atoms with van der Waals surface area (Å²) in [4.78, 5) is 0. The Morgan fingerprint density at radius 1 is 1.10 bits per heavy atom. The zero-order valence-electron chi connectivity index (χ0n) is 11.9. The van der Waals surface area contributed by atoms with Gasteiger partial charge in [0.05, 0.1) is 19.3 Å². The minimum atomic E-state index is -0.158. The highest BCUT2D eigenvalue weighted by Gasteiger charge is 2.17. The summed E-state index contributed by atoms with van der Waals surface area (Å²) in [5.74, 6) is 1.60. The van der Waals surface area contributed by atoms with Crippen LogP contribution in [0, 0.1) is 10.5 Å². The number of hydrogen-bond donors (Lipinski definition) is 1. The number of halogens is 1. The third-order valence-electron chi connectivity index (χ3n) is 3.69. The molecular weight excluding hydrogens is 377 g/mol. The first-order chi connectivity index (χ1) is 10.2. The molecule has 0 saturated carbocycles. The molecule has 0 spiro atoms. The van der Waals surface area contributed by atoms with E-state index in [1.165, 1.54) is 9.13 Å². The molecule has 3 nitrogen and oxygen atoms in total. The van der Waals surface area contributed by atoms with Crippen molar-refractivity contribution in [3.63, 3.8) is 0 Å². The largest absolute Gasteiger partial charge is 0.490 e. The average Bonchev–Trinajstić information content (AvgIpc) is 2.74. The van der Waals surface area contributed by atoms with Crippen molar-refractivity contribution in [2.75, 3.05) is 13.2 Å². The first-order valence-corrected chi connectivity index (χ1v) is 8.15. The van der Waals surface area contributed by atoms with E-state index in [0.29, 0.717) is 13.2 Å². The normalized spacial score (nSPS) is 15.4. The molecule has 0 saturated heterocycles. The van der Waals surface area contributed by atoms with Crippen LogP contribution in [0.15, 0.2) is 36.4 Å². The molecule has 110 valence electrons. The van der Waals surface area contributed by atoms with Crippen molar-refractivity contribution in [3.05, 3.63) is 56.7 Å². The van der Waals surface area contributed by atoms with E-state index in [9.17, 15) is 0 Å². The van der Waals surface area contributed by atoms with Gasteiger partial charge in [0, 0.05) is 9.99 Å². The second-order valence-electron chi connectivity index (χ2n) is 5.21. The van der Waals surface area contributed by atoms with Gasteiger partial charge in [0.2, 0.25) is 0 Å². The lowest BCUT2D eigenvalue weighted by Gasteiger charge is -2.17. The summed E-state index contributed by atoms with van der Waals surface area (Å²) in [7, 11) is 0. The van der Waals surface area contributed by atoms with Crippen molar-refractivity contribution in [2.45, 2.75) is 19.4 Å². The second kappa shape index (κ2) is 6.23. The highest BCUT2D eigenvalue weighted by molar-refractivity contribution is 14.1. The maximum Gasteiger partial charge on any atom is 0.161 e. The lowest BCUT2D eigenvalue weighted by molar-refractivity contribution is 0.297. The average molecular weight is 395 g/mol. The highest BCUT2D eigenvalue weighted by Crippen LogP contribution is 2.34. The number of rotatable bonds is 2. The molecule has 1 heterocycles. The molecule has 4 heteroatoms. The highest BCUT2D eigenvalue weighted by atomic mass is 127. The molecule has 3 rings (SSSR count). The standard InChI is InChI=1S/C17H18INO2/c1-11-4-2-5-13(16(11)18)17(19)12-6-7-14-15(10-12)21-9-3-8-20-14/h2,4-7,10,17H,3,8-9,19H2,1H3. The monoisotopic (exact) mass is 395 g/mol. The van der Waals surface area contributed by atoms with Gasteiger partial charge in [-0.3, -0.25) is 0 Å². The van der Waals surface area contributed by atoms with E-state index in [2.05, 4.69) is 47.7 Å². The number of benzene rings is 2. The second-order valence-corrected chi connectivity index (χ2v) is 6.29. The fourth-order valence-corrected chi connectivity index (χ4v) is 3.16. The van der Waals surface area contributed by atoms with Gasteiger partial charge in [0.25, 0.3) is 0 Å². The molecule has 2 aromatic carbocycles. The maximum absolute atomic E-state index is 6.46. The lowest BCUT2D eigenvalue weighted by atomic mass is 9.98. The zero-order valence-corrected chi connectivity index (χ0v) is 14.1. The summed E-state index contributed by atoms with van der Waals surface area (Å²) < 4.78 is 12.6. The summed E-state index contributed by atoms with van der Waals surface area (Å²) in [5.41, 5.74) is 9.89. The minimum Gasteiger partial charge on any atom is -0.490 e. The van der Waals surface area contributed by atoms with Gasteiger partial charge in [0.15, 0.2) is 11.5 Å². The van der Waals surface area contributed by atoms with Gasteiger partial charge in [-0.05, 0) is 58.3 Å². The van der Waals surface area contributed by atoms with E-state index in [4.69, 9.17) is 15.2 Å². The molecule has 1 unspecified atom stereocenters. The Hall–Kier alpha value is -1.27. The summed E-state index contributed by atoms with van der Waals surface area (Å²) in [6.07, 6.45) is 0.909. The van der Waals surface area contributed by atoms with Gasteiger partial charge in [0.1, 0.15) is 0 Å². The van der Waals surface area contributed by atoms with Crippen LogP contribution >= 0.6 is 22.6 Å². The molecule has 1 atom stereocenters. The van der Waals surface area contributed by atoms with Crippen LogP contribution in [0.3, 0.4) is 0 Å². The van der Waals surface area contributed by atoms with Crippen LogP contribution in [0.1, 0.15) is 29.2 Å². The van der Waals surface area contributed by atoms with Crippen LogP contribution in [0.2, 0.25) is 0 Å². The Labute approximate surface area is 138 Å². The van der Waals surface area contributed by atoms with Gasteiger partial charge in [-0.15, -0.1) is 0 Å². The van der Waals surface area contributed by atoms with E-state index in [1.807, 2.05) is 18.2 Å². The molecule has 0 aliphatic carbocycles. The Morgan fingerprint density at radius 2 is 1.86 bits per heavy atom. The van der Waals surface area contributed by atoms with Gasteiger partial charge < -0.3 is 15.2 Å². The van der Waals surface area contributed by atoms with Crippen LogP contribution in [0.4, 0.5) is 0 Å². The molecule has 0 aromatic heterocycles. The van der Waals surface area contributed by atoms with Gasteiger partial charge in [-0.1, -0.05) is 24.3 Å². The SMILES string of the molecule is Cc1cccc(C(N)c2ccc3c(c2)OCCCO3)c1I. The van der Waals surface area contributed by atoms with Gasteiger partial charge >= 0.3 is 0 Å². The van der Waals surface area contributed by atoms with Crippen molar-refractivity contribution >= 4 is 22.6 Å². The van der Waals surface area contributed by atoms with E-state index in [1.54, 1.807) is 0 Å².